The van der Waals surface area contributed by atoms with Gasteiger partial charge in [0.1, 0.15) is 23.7 Å². The number of carbonyl (C=O) groups is 1. The molecule has 0 spiro atoms. The summed E-state index contributed by atoms with van der Waals surface area (Å²) in [6.07, 6.45) is 2.29. The van der Waals surface area contributed by atoms with Crippen LogP contribution in [-0.2, 0) is 9.53 Å². The quantitative estimate of drug-likeness (QED) is 0.542. The van der Waals surface area contributed by atoms with Gasteiger partial charge in [-0.15, -0.1) is 0 Å². The lowest BCUT2D eigenvalue weighted by molar-refractivity contribution is -0.134. The second kappa shape index (κ2) is 10.6. The first-order valence-corrected chi connectivity index (χ1v) is 12.2. The fourth-order valence-electron chi connectivity index (χ4n) is 4.44. The Morgan fingerprint density at radius 3 is 2.76 bits per heavy atom. The van der Waals surface area contributed by atoms with Gasteiger partial charge in [-0.05, 0) is 44.4 Å². The van der Waals surface area contributed by atoms with E-state index in [4.69, 9.17) is 26.1 Å². The Bertz CT molecular complexity index is 1080. The molecule has 1 aliphatic heterocycles. The molecule has 2 atom stereocenters. The number of piperazine rings is 1. The summed E-state index contributed by atoms with van der Waals surface area (Å²) < 4.78 is 11.4. The molecule has 1 aromatic heterocycles. The van der Waals surface area contributed by atoms with Crippen LogP contribution in [0.3, 0.4) is 0 Å². The normalized spacial score (nSPS) is 19.0. The number of pyridine rings is 1. The molecule has 180 valence electrons. The van der Waals surface area contributed by atoms with Gasteiger partial charge in [0.15, 0.2) is 0 Å². The number of nitriles is 1. The molecule has 2 aliphatic rings. The number of amides is 1. The number of nitrogens with zero attached hydrogens (tertiary/aromatic N) is 4. The van der Waals surface area contributed by atoms with Crippen molar-refractivity contribution in [1.29, 1.82) is 5.26 Å². The highest BCUT2D eigenvalue weighted by Gasteiger charge is 2.33. The van der Waals surface area contributed by atoms with Crippen molar-refractivity contribution in [1.82, 2.24) is 9.88 Å². The van der Waals surface area contributed by atoms with Crippen LogP contribution in [0.25, 0.3) is 0 Å². The standard InChI is InChI=1S/C26H31ClN4O3/c1-17-16-30(10-11-31(17)24(32)9-12-33-3)26-21(15-28)14-23(25(29-26)19-7-8-19)34-18(2)20-5-4-6-22(27)13-20/h4-6,13-14,17-19H,7-12,16H2,1-3H3. The van der Waals surface area contributed by atoms with Crippen molar-refractivity contribution in [2.45, 2.75) is 51.2 Å². The van der Waals surface area contributed by atoms with Gasteiger partial charge in [-0.3, -0.25) is 4.79 Å². The molecule has 0 N–H and O–H groups in total. The summed E-state index contributed by atoms with van der Waals surface area (Å²) in [5.74, 6) is 1.79. The molecular formula is C26H31ClN4O3. The Morgan fingerprint density at radius 2 is 2.12 bits per heavy atom. The topological polar surface area (TPSA) is 78.7 Å². The Labute approximate surface area is 206 Å². The number of methoxy groups -OCH3 is 1. The minimum Gasteiger partial charge on any atom is -0.484 e. The first-order valence-electron chi connectivity index (χ1n) is 11.8. The van der Waals surface area contributed by atoms with E-state index in [1.54, 1.807) is 7.11 Å². The molecule has 2 unspecified atom stereocenters. The minimum absolute atomic E-state index is 0.0228. The van der Waals surface area contributed by atoms with Crippen LogP contribution in [0.4, 0.5) is 5.82 Å². The number of aromatic nitrogens is 1. The number of rotatable bonds is 8. The van der Waals surface area contributed by atoms with Crippen LogP contribution >= 0.6 is 11.6 Å². The summed E-state index contributed by atoms with van der Waals surface area (Å²) in [6, 6.07) is 11.8. The monoisotopic (exact) mass is 482 g/mol. The fraction of sp³-hybridized carbons (Fsp3) is 0.500. The zero-order chi connectivity index (χ0) is 24.2. The maximum Gasteiger partial charge on any atom is 0.225 e. The molecule has 4 rings (SSSR count). The third kappa shape index (κ3) is 5.45. The molecule has 0 bridgehead atoms. The van der Waals surface area contributed by atoms with E-state index < -0.39 is 0 Å². The largest absolute Gasteiger partial charge is 0.484 e. The van der Waals surface area contributed by atoms with E-state index in [2.05, 4.69) is 11.0 Å². The van der Waals surface area contributed by atoms with E-state index in [9.17, 15) is 10.1 Å². The summed E-state index contributed by atoms with van der Waals surface area (Å²) in [5.41, 5.74) is 2.37. The number of hydrogen-bond acceptors (Lipinski definition) is 6. The van der Waals surface area contributed by atoms with Gasteiger partial charge >= 0.3 is 0 Å². The first-order chi connectivity index (χ1) is 16.4. The fourth-order valence-corrected chi connectivity index (χ4v) is 4.64. The van der Waals surface area contributed by atoms with Crippen LogP contribution in [0.15, 0.2) is 30.3 Å². The summed E-state index contributed by atoms with van der Waals surface area (Å²) in [6.45, 7) is 6.29. The summed E-state index contributed by atoms with van der Waals surface area (Å²) in [4.78, 5) is 21.5. The van der Waals surface area contributed by atoms with Gasteiger partial charge in [0, 0.05) is 49.8 Å². The van der Waals surface area contributed by atoms with E-state index in [1.165, 1.54) is 0 Å². The lowest BCUT2D eigenvalue weighted by Crippen LogP contribution is -2.54. The minimum atomic E-state index is -0.225. The highest BCUT2D eigenvalue weighted by Crippen LogP contribution is 2.45. The van der Waals surface area contributed by atoms with Crippen LogP contribution in [0.2, 0.25) is 5.02 Å². The van der Waals surface area contributed by atoms with Crippen LogP contribution < -0.4 is 9.64 Å². The molecule has 2 heterocycles. The molecule has 1 aromatic carbocycles. The highest BCUT2D eigenvalue weighted by molar-refractivity contribution is 6.30. The van der Waals surface area contributed by atoms with Crippen molar-refractivity contribution < 1.29 is 14.3 Å². The number of ether oxygens (including phenoxy) is 2. The van der Waals surface area contributed by atoms with E-state index >= 15 is 0 Å². The number of halogens is 1. The molecule has 2 aromatic rings. The smallest absolute Gasteiger partial charge is 0.225 e. The van der Waals surface area contributed by atoms with Crippen LogP contribution in [0.1, 0.15) is 62.0 Å². The molecule has 1 saturated heterocycles. The molecule has 34 heavy (non-hydrogen) atoms. The van der Waals surface area contributed by atoms with Gasteiger partial charge in [-0.25, -0.2) is 4.98 Å². The average Bonchev–Trinajstić information content (AvgIpc) is 3.67. The molecule has 1 saturated carbocycles. The summed E-state index contributed by atoms with van der Waals surface area (Å²) in [7, 11) is 1.60. The SMILES string of the molecule is COCCC(=O)N1CCN(c2nc(C3CC3)c(OC(C)c3cccc(Cl)c3)cc2C#N)CC1C. The molecule has 1 aliphatic carbocycles. The second-order valence-corrected chi connectivity index (χ2v) is 9.51. The molecule has 8 heteroatoms. The Hall–Kier alpha value is -2.82. The molecule has 7 nitrogen and oxygen atoms in total. The maximum atomic E-state index is 12.5. The third-order valence-corrected chi connectivity index (χ3v) is 6.70. The van der Waals surface area contributed by atoms with E-state index in [0.29, 0.717) is 60.7 Å². The van der Waals surface area contributed by atoms with Gasteiger partial charge < -0.3 is 19.3 Å². The van der Waals surface area contributed by atoms with Gasteiger partial charge in [0.25, 0.3) is 0 Å². The zero-order valence-electron chi connectivity index (χ0n) is 20.0. The van der Waals surface area contributed by atoms with Gasteiger partial charge in [0.05, 0.1) is 24.3 Å². The van der Waals surface area contributed by atoms with E-state index in [1.807, 2.05) is 49.1 Å². The predicted molar refractivity (Wildman–Crippen MR) is 131 cm³/mol. The zero-order valence-corrected chi connectivity index (χ0v) is 20.7. The maximum absolute atomic E-state index is 12.5. The van der Waals surface area contributed by atoms with Crippen molar-refractivity contribution in [2.24, 2.45) is 0 Å². The molecule has 0 radical (unpaired) electrons. The number of carbonyl (C=O) groups excluding carboxylic acids is 1. The van der Waals surface area contributed by atoms with E-state index in [-0.39, 0.29) is 18.1 Å². The second-order valence-electron chi connectivity index (χ2n) is 9.07. The predicted octanol–water partition coefficient (Wildman–Crippen LogP) is 4.70. The van der Waals surface area contributed by atoms with Crippen molar-refractivity contribution in [3.8, 4) is 11.8 Å². The molecule has 2 fully saturated rings. The average molecular weight is 483 g/mol. The lowest BCUT2D eigenvalue weighted by Gasteiger charge is -2.41. The first kappa shape index (κ1) is 24.3. The van der Waals surface area contributed by atoms with E-state index in [0.717, 1.165) is 24.1 Å². The van der Waals surface area contributed by atoms with Gasteiger partial charge in [0.2, 0.25) is 5.91 Å². The molecule has 1 amide bonds. The Morgan fingerprint density at radius 1 is 1.32 bits per heavy atom. The lowest BCUT2D eigenvalue weighted by atomic mass is 10.1. The summed E-state index contributed by atoms with van der Waals surface area (Å²) >= 11 is 6.16. The number of anilines is 1. The highest BCUT2D eigenvalue weighted by atomic mass is 35.5. The number of hydrogen-bond donors (Lipinski definition) is 0. The van der Waals surface area contributed by atoms with Crippen molar-refractivity contribution in [2.75, 3.05) is 38.3 Å². The van der Waals surface area contributed by atoms with Crippen LogP contribution in [0.5, 0.6) is 5.75 Å². The van der Waals surface area contributed by atoms with Gasteiger partial charge in [-0.2, -0.15) is 5.26 Å². The summed E-state index contributed by atoms with van der Waals surface area (Å²) in [5, 5.41) is 10.6. The van der Waals surface area contributed by atoms with Crippen molar-refractivity contribution in [3.63, 3.8) is 0 Å². The molecular weight excluding hydrogens is 452 g/mol. The van der Waals surface area contributed by atoms with Crippen LogP contribution in [-0.4, -0.2) is 55.2 Å². The Kier molecular flexibility index (Phi) is 7.60. The van der Waals surface area contributed by atoms with Crippen molar-refractivity contribution in [3.05, 3.63) is 52.2 Å². The van der Waals surface area contributed by atoms with Gasteiger partial charge in [-0.1, -0.05) is 23.7 Å². The van der Waals surface area contributed by atoms with Crippen LogP contribution in [0, 0.1) is 11.3 Å². The Balaban J connectivity index is 1.56. The van der Waals surface area contributed by atoms with Crippen molar-refractivity contribution >= 4 is 23.3 Å². The third-order valence-electron chi connectivity index (χ3n) is 6.47. The number of benzene rings is 1.